The number of nitrogens with one attached hydrogen (secondary N) is 1. The molecule has 4 heteroatoms. The minimum absolute atomic E-state index is 0.0484. The smallest absolute Gasteiger partial charge is 0.253 e. The summed E-state index contributed by atoms with van der Waals surface area (Å²) in [4.78, 5) is 26.4. The second kappa shape index (κ2) is 6.12. The van der Waals surface area contributed by atoms with Crippen molar-refractivity contribution >= 4 is 11.7 Å². The van der Waals surface area contributed by atoms with E-state index in [4.69, 9.17) is 0 Å². The van der Waals surface area contributed by atoms with Crippen LogP contribution in [0.15, 0.2) is 42.5 Å². The molecule has 2 aromatic carbocycles. The number of benzene rings is 2. The van der Waals surface area contributed by atoms with Crippen LogP contribution < -0.4 is 5.32 Å². The molecule has 0 saturated carbocycles. The van der Waals surface area contributed by atoms with Crippen molar-refractivity contribution < 1.29 is 9.59 Å². The van der Waals surface area contributed by atoms with Gasteiger partial charge in [-0.2, -0.15) is 0 Å². The maximum Gasteiger partial charge on any atom is 0.253 e. The third kappa shape index (κ3) is 2.76. The van der Waals surface area contributed by atoms with Gasteiger partial charge in [0.2, 0.25) is 0 Å². The number of Topliss-reactive ketones (excluding diaryl/α,β-unsaturated/α-hetero) is 1. The summed E-state index contributed by atoms with van der Waals surface area (Å²) in [7, 11) is 1.88. The Morgan fingerprint density at radius 1 is 1.12 bits per heavy atom. The van der Waals surface area contributed by atoms with E-state index in [1.807, 2.05) is 42.3 Å². The molecule has 1 saturated heterocycles. The second-order valence-electron chi connectivity index (χ2n) is 7.15. The van der Waals surface area contributed by atoms with Crippen LogP contribution in [0.25, 0.3) is 11.1 Å². The van der Waals surface area contributed by atoms with E-state index in [0.29, 0.717) is 17.4 Å². The zero-order valence-corrected chi connectivity index (χ0v) is 14.6. The molecular weight excluding hydrogens is 312 g/mol. The first-order chi connectivity index (χ1) is 12.0. The number of hydrogen-bond donors (Lipinski definition) is 1. The molecular formula is C21H22N2O2. The quantitative estimate of drug-likeness (QED) is 0.859. The minimum atomic E-state index is 0.0484. The van der Waals surface area contributed by atoms with Gasteiger partial charge >= 0.3 is 0 Å². The lowest BCUT2D eigenvalue weighted by atomic mass is 9.86. The molecule has 2 aliphatic heterocycles. The van der Waals surface area contributed by atoms with Crippen molar-refractivity contribution in [2.75, 3.05) is 26.7 Å². The molecule has 2 aromatic rings. The molecule has 128 valence electrons. The summed E-state index contributed by atoms with van der Waals surface area (Å²) in [5, 5.41) is 3.46. The zero-order valence-electron chi connectivity index (χ0n) is 14.6. The standard InChI is InChI=1S/C21H22N2O2/c1-13(24)14-4-3-5-15(8-14)16-6-7-18-19(9-16)21(25)23(2)12-17-10-22-11-20(17)18/h3-9,17,20,22H,10-12H2,1-2H3/t17-,20+/m0/s1. The first-order valence-corrected chi connectivity index (χ1v) is 8.76. The van der Waals surface area contributed by atoms with Crippen molar-refractivity contribution in [1.29, 1.82) is 0 Å². The number of amides is 1. The minimum Gasteiger partial charge on any atom is -0.341 e. The molecule has 4 rings (SSSR count). The molecule has 0 spiro atoms. The van der Waals surface area contributed by atoms with E-state index in [-0.39, 0.29) is 11.7 Å². The van der Waals surface area contributed by atoms with Gasteiger partial charge in [0.1, 0.15) is 0 Å². The van der Waals surface area contributed by atoms with Crippen LogP contribution in [0.5, 0.6) is 0 Å². The highest BCUT2D eigenvalue weighted by Crippen LogP contribution is 2.36. The average molecular weight is 334 g/mol. The van der Waals surface area contributed by atoms with Crippen LogP contribution in [-0.4, -0.2) is 43.3 Å². The molecule has 2 atom stereocenters. The van der Waals surface area contributed by atoms with E-state index >= 15 is 0 Å². The summed E-state index contributed by atoms with van der Waals surface area (Å²) in [6, 6.07) is 13.8. The lowest BCUT2D eigenvalue weighted by Crippen LogP contribution is -2.31. The molecule has 1 N–H and O–H groups in total. The van der Waals surface area contributed by atoms with Gasteiger partial charge in [-0.1, -0.05) is 30.3 Å². The highest BCUT2D eigenvalue weighted by Gasteiger charge is 2.36. The van der Waals surface area contributed by atoms with Gasteiger partial charge in [0.05, 0.1) is 0 Å². The van der Waals surface area contributed by atoms with E-state index in [1.54, 1.807) is 6.92 Å². The summed E-state index contributed by atoms with van der Waals surface area (Å²) in [6.45, 7) is 4.25. The van der Waals surface area contributed by atoms with E-state index in [9.17, 15) is 9.59 Å². The Bertz CT molecular complexity index is 859. The second-order valence-corrected chi connectivity index (χ2v) is 7.15. The van der Waals surface area contributed by atoms with Crippen LogP contribution in [0.2, 0.25) is 0 Å². The van der Waals surface area contributed by atoms with E-state index in [1.165, 1.54) is 0 Å². The van der Waals surface area contributed by atoms with Crippen molar-refractivity contribution in [2.45, 2.75) is 12.8 Å². The fourth-order valence-electron chi connectivity index (χ4n) is 4.09. The molecule has 2 heterocycles. The van der Waals surface area contributed by atoms with Crippen molar-refractivity contribution in [2.24, 2.45) is 5.92 Å². The lowest BCUT2D eigenvalue weighted by molar-refractivity contribution is 0.0784. The van der Waals surface area contributed by atoms with Crippen LogP contribution >= 0.6 is 0 Å². The van der Waals surface area contributed by atoms with Crippen LogP contribution in [0.3, 0.4) is 0 Å². The van der Waals surface area contributed by atoms with Gasteiger partial charge in [-0.3, -0.25) is 9.59 Å². The topological polar surface area (TPSA) is 49.4 Å². The number of fused-ring (bicyclic) bond motifs is 3. The third-order valence-electron chi connectivity index (χ3n) is 5.48. The molecule has 0 radical (unpaired) electrons. The Labute approximate surface area is 147 Å². The molecule has 4 nitrogen and oxygen atoms in total. The fraction of sp³-hybridized carbons (Fsp3) is 0.333. The van der Waals surface area contributed by atoms with Gasteiger partial charge in [-0.05, 0) is 41.7 Å². The molecule has 0 aliphatic carbocycles. The Morgan fingerprint density at radius 2 is 1.92 bits per heavy atom. The van der Waals surface area contributed by atoms with Crippen LogP contribution in [-0.2, 0) is 0 Å². The Balaban J connectivity index is 1.81. The normalized spacial score (nSPS) is 22.3. The van der Waals surface area contributed by atoms with Crippen molar-refractivity contribution in [3.63, 3.8) is 0 Å². The van der Waals surface area contributed by atoms with E-state index in [2.05, 4.69) is 17.4 Å². The zero-order chi connectivity index (χ0) is 17.6. The molecule has 1 fully saturated rings. The van der Waals surface area contributed by atoms with Gasteiger partial charge in [0.25, 0.3) is 5.91 Å². The third-order valence-corrected chi connectivity index (χ3v) is 5.48. The molecule has 0 unspecified atom stereocenters. The summed E-state index contributed by atoms with van der Waals surface area (Å²) in [5.41, 5.74) is 4.58. The number of carbonyl (C=O) groups is 2. The van der Waals surface area contributed by atoms with Gasteiger partial charge in [-0.25, -0.2) is 0 Å². The molecule has 2 aliphatic rings. The number of rotatable bonds is 2. The Morgan fingerprint density at radius 3 is 2.72 bits per heavy atom. The average Bonchev–Trinajstić information content (AvgIpc) is 3.05. The molecule has 1 amide bonds. The largest absolute Gasteiger partial charge is 0.341 e. The van der Waals surface area contributed by atoms with Gasteiger partial charge in [0, 0.05) is 43.7 Å². The van der Waals surface area contributed by atoms with Crippen LogP contribution in [0, 0.1) is 5.92 Å². The summed E-state index contributed by atoms with van der Waals surface area (Å²) >= 11 is 0. The summed E-state index contributed by atoms with van der Waals surface area (Å²) in [5.74, 6) is 1.00. The predicted molar refractivity (Wildman–Crippen MR) is 97.9 cm³/mol. The first-order valence-electron chi connectivity index (χ1n) is 8.76. The SMILES string of the molecule is CC(=O)c1cccc(-c2ccc3c(c2)C(=O)N(C)C[C@@H]2CNC[C@@H]32)c1. The number of hydrogen-bond acceptors (Lipinski definition) is 3. The Kier molecular flexibility index (Phi) is 3.92. The summed E-state index contributed by atoms with van der Waals surface area (Å²) in [6.07, 6.45) is 0. The van der Waals surface area contributed by atoms with Crippen molar-refractivity contribution in [3.05, 3.63) is 59.2 Å². The maximum atomic E-state index is 12.9. The van der Waals surface area contributed by atoms with Crippen molar-refractivity contribution in [3.8, 4) is 11.1 Å². The monoisotopic (exact) mass is 334 g/mol. The fourth-order valence-corrected chi connectivity index (χ4v) is 4.09. The van der Waals surface area contributed by atoms with E-state index < -0.39 is 0 Å². The van der Waals surface area contributed by atoms with Gasteiger partial charge < -0.3 is 10.2 Å². The number of ketones is 1. The molecule has 0 bridgehead atoms. The summed E-state index contributed by atoms with van der Waals surface area (Å²) < 4.78 is 0. The number of carbonyl (C=O) groups excluding carboxylic acids is 2. The Hall–Kier alpha value is -2.46. The van der Waals surface area contributed by atoms with Crippen LogP contribution in [0.4, 0.5) is 0 Å². The number of nitrogens with zero attached hydrogens (tertiary/aromatic N) is 1. The highest BCUT2D eigenvalue weighted by atomic mass is 16.2. The first kappa shape index (κ1) is 16.0. The lowest BCUT2D eigenvalue weighted by Gasteiger charge is -2.19. The van der Waals surface area contributed by atoms with Gasteiger partial charge in [-0.15, -0.1) is 0 Å². The van der Waals surface area contributed by atoms with E-state index in [0.717, 1.165) is 41.9 Å². The highest BCUT2D eigenvalue weighted by molar-refractivity contribution is 5.98. The predicted octanol–water partition coefficient (Wildman–Crippen LogP) is 2.94. The van der Waals surface area contributed by atoms with Crippen molar-refractivity contribution in [1.82, 2.24) is 10.2 Å². The van der Waals surface area contributed by atoms with Gasteiger partial charge in [0.15, 0.2) is 5.78 Å². The molecule has 0 aromatic heterocycles. The molecule has 25 heavy (non-hydrogen) atoms. The van der Waals surface area contributed by atoms with Crippen LogP contribution in [0.1, 0.15) is 39.1 Å². The maximum absolute atomic E-state index is 12.9.